The van der Waals surface area contributed by atoms with Crippen LogP contribution in [0.15, 0.2) is 0 Å². The molecule has 0 aromatic carbocycles. The number of hydrogen-bond donors (Lipinski definition) is 1. The zero-order chi connectivity index (χ0) is 14.0. The molecule has 2 rings (SSSR count). The third-order valence-electron chi connectivity index (χ3n) is 4.40. The Hall–Kier alpha value is -1.06. The van der Waals surface area contributed by atoms with Gasteiger partial charge in [-0.3, -0.25) is 9.59 Å². The van der Waals surface area contributed by atoms with Gasteiger partial charge in [0.05, 0.1) is 0 Å². The van der Waals surface area contributed by atoms with Crippen molar-refractivity contribution in [2.75, 3.05) is 6.54 Å². The van der Waals surface area contributed by atoms with Gasteiger partial charge in [0, 0.05) is 6.54 Å². The number of carbonyl (C=O) groups excluding carboxylic acids is 2. The van der Waals surface area contributed by atoms with E-state index in [9.17, 15) is 9.59 Å². The van der Waals surface area contributed by atoms with Crippen LogP contribution in [-0.2, 0) is 9.59 Å². The summed E-state index contributed by atoms with van der Waals surface area (Å²) in [5, 5.41) is 2.87. The van der Waals surface area contributed by atoms with E-state index >= 15 is 0 Å². The normalized spacial score (nSPS) is 27.7. The van der Waals surface area contributed by atoms with Gasteiger partial charge in [0.2, 0.25) is 11.8 Å². The number of nitrogens with one attached hydrogen (secondary N) is 1. The van der Waals surface area contributed by atoms with Crippen LogP contribution in [0.4, 0.5) is 0 Å². The van der Waals surface area contributed by atoms with E-state index in [0.29, 0.717) is 5.92 Å². The number of nitrogens with zero attached hydrogens (tertiary/aromatic N) is 1. The Morgan fingerprint density at radius 2 is 1.89 bits per heavy atom. The van der Waals surface area contributed by atoms with Crippen molar-refractivity contribution in [2.24, 2.45) is 5.92 Å². The molecule has 19 heavy (non-hydrogen) atoms. The molecule has 1 aliphatic heterocycles. The molecule has 2 aliphatic rings. The number of carbonyl (C=O) groups is 2. The van der Waals surface area contributed by atoms with Gasteiger partial charge in [-0.2, -0.15) is 0 Å². The smallest absolute Gasteiger partial charge is 0.248 e. The Bertz CT molecular complexity index is 359. The van der Waals surface area contributed by atoms with Crippen LogP contribution >= 0.6 is 0 Å². The molecule has 1 aliphatic carbocycles. The molecule has 0 radical (unpaired) electrons. The molecule has 2 fully saturated rings. The van der Waals surface area contributed by atoms with Crippen molar-refractivity contribution in [3.63, 3.8) is 0 Å². The van der Waals surface area contributed by atoms with E-state index < -0.39 is 5.54 Å². The third-order valence-corrected chi connectivity index (χ3v) is 4.40. The van der Waals surface area contributed by atoms with Crippen molar-refractivity contribution in [3.8, 4) is 0 Å². The number of piperazine rings is 1. The molecule has 1 saturated heterocycles. The summed E-state index contributed by atoms with van der Waals surface area (Å²) in [5.41, 5.74) is -0.750. The second-order valence-corrected chi connectivity index (χ2v) is 6.53. The quantitative estimate of drug-likeness (QED) is 0.847. The van der Waals surface area contributed by atoms with E-state index in [1.807, 2.05) is 4.90 Å². The Morgan fingerprint density at radius 1 is 1.26 bits per heavy atom. The van der Waals surface area contributed by atoms with Crippen molar-refractivity contribution in [2.45, 2.75) is 70.9 Å². The zero-order valence-corrected chi connectivity index (χ0v) is 12.4. The Labute approximate surface area is 115 Å². The lowest BCUT2D eigenvalue weighted by atomic mass is 9.93. The fourth-order valence-electron chi connectivity index (χ4n) is 3.33. The lowest BCUT2D eigenvalue weighted by Gasteiger charge is -2.43. The van der Waals surface area contributed by atoms with Crippen molar-refractivity contribution in [1.29, 1.82) is 0 Å². The van der Waals surface area contributed by atoms with Gasteiger partial charge in [0.1, 0.15) is 11.6 Å². The SMILES string of the molecule is CCCC1C(=O)NC(C)(C)C(=O)N1CC1CCCC1. The molecule has 1 atom stereocenters. The van der Waals surface area contributed by atoms with Gasteiger partial charge in [-0.15, -0.1) is 0 Å². The molecule has 0 bridgehead atoms. The lowest BCUT2D eigenvalue weighted by molar-refractivity contribution is -0.154. The maximum absolute atomic E-state index is 12.6. The van der Waals surface area contributed by atoms with Crippen LogP contribution in [0.25, 0.3) is 0 Å². The van der Waals surface area contributed by atoms with Crippen LogP contribution in [-0.4, -0.2) is 34.8 Å². The second-order valence-electron chi connectivity index (χ2n) is 6.53. The minimum absolute atomic E-state index is 0.0180. The highest BCUT2D eigenvalue weighted by Crippen LogP contribution is 2.29. The second kappa shape index (κ2) is 5.51. The molecule has 1 N–H and O–H groups in total. The largest absolute Gasteiger partial charge is 0.340 e. The van der Waals surface area contributed by atoms with Gasteiger partial charge >= 0.3 is 0 Å². The fourth-order valence-corrected chi connectivity index (χ4v) is 3.33. The van der Waals surface area contributed by atoms with Crippen LogP contribution in [0.2, 0.25) is 0 Å². The minimum Gasteiger partial charge on any atom is -0.340 e. The van der Waals surface area contributed by atoms with Gasteiger partial charge < -0.3 is 10.2 Å². The minimum atomic E-state index is -0.750. The highest BCUT2D eigenvalue weighted by molar-refractivity contribution is 5.99. The monoisotopic (exact) mass is 266 g/mol. The summed E-state index contributed by atoms with van der Waals surface area (Å²) in [4.78, 5) is 26.7. The average molecular weight is 266 g/mol. The molecule has 0 aromatic rings. The maximum Gasteiger partial charge on any atom is 0.248 e. The van der Waals surface area contributed by atoms with Crippen molar-refractivity contribution in [3.05, 3.63) is 0 Å². The summed E-state index contributed by atoms with van der Waals surface area (Å²) < 4.78 is 0. The third kappa shape index (κ3) is 2.93. The molecule has 0 spiro atoms. The fraction of sp³-hybridized carbons (Fsp3) is 0.867. The molecule has 108 valence electrons. The standard InChI is InChI=1S/C15H26N2O2/c1-4-7-12-13(18)16-15(2,3)14(19)17(12)10-11-8-5-6-9-11/h11-12H,4-10H2,1-3H3,(H,16,18). The molecule has 2 amide bonds. The highest BCUT2D eigenvalue weighted by atomic mass is 16.2. The molecule has 4 heteroatoms. The van der Waals surface area contributed by atoms with E-state index in [4.69, 9.17) is 0 Å². The van der Waals surface area contributed by atoms with Crippen LogP contribution in [0.5, 0.6) is 0 Å². The average Bonchev–Trinajstić information content (AvgIpc) is 2.83. The van der Waals surface area contributed by atoms with Crippen molar-refractivity contribution in [1.82, 2.24) is 10.2 Å². The van der Waals surface area contributed by atoms with Gasteiger partial charge in [-0.1, -0.05) is 26.2 Å². The molecule has 1 heterocycles. The van der Waals surface area contributed by atoms with Gasteiger partial charge in [0.15, 0.2) is 0 Å². The van der Waals surface area contributed by atoms with E-state index in [1.165, 1.54) is 25.7 Å². The van der Waals surface area contributed by atoms with E-state index in [-0.39, 0.29) is 17.9 Å². The Kier molecular flexibility index (Phi) is 4.16. The summed E-state index contributed by atoms with van der Waals surface area (Å²) in [6.45, 7) is 6.43. The van der Waals surface area contributed by atoms with Crippen LogP contribution in [0.1, 0.15) is 59.3 Å². The van der Waals surface area contributed by atoms with Crippen LogP contribution in [0, 0.1) is 5.92 Å². The van der Waals surface area contributed by atoms with Crippen LogP contribution < -0.4 is 5.32 Å². The number of hydrogen-bond acceptors (Lipinski definition) is 2. The summed E-state index contributed by atoms with van der Waals surface area (Å²) in [6.07, 6.45) is 6.62. The van der Waals surface area contributed by atoms with E-state index in [1.54, 1.807) is 13.8 Å². The first kappa shape index (κ1) is 14.4. The van der Waals surface area contributed by atoms with Crippen molar-refractivity contribution >= 4 is 11.8 Å². The summed E-state index contributed by atoms with van der Waals surface area (Å²) >= 11 is 0. The Balaban J connectivity index is 2.15. The van der Waals surface area contributed by atoms with Gasteiger partial charge in [-0.25, -0.2) is 0 Å². The molecule has 0 aromatic heterocycles. The zero-order valence-electron chi connectivity index (χ0n) is 12.4. The lowest BCUT2D eigenvalue weighted by Crippen LogP contribution is -2.68. The highest BCUT2D eigenvalue weighted by Gasteiger charge is 2.45. The topological polar surface area (TPSA) is 49.4 Å². The molecular formula is C15H26N2O2. The first-order chi connectivity index (χ1) is 8.95. The number of rotatable bonds is 4. The summed E-state index contributed by atoms with van der Waals surface area (Å²) in [5.74, 6) is 0.687. The predicted octanol–water partition coefficient (Wildman–Crippen LogP) is 2.08. The first-order valence-corrected chi connectivity index (χ1v) is 7.59. The molecule has 1 unspecified atom stereocenters. The molecular weight excluding hydrogens is 240 g/mol. The predicted molar refractivity (Wildman–Crippen MR) is 74.6 cm³/mol. The number of amides is 2. The Morgan fingerprint density at radius 3 is 2.47 bits per heavy atom. The maximum atomic E-state index is 12.6. The van der Waals surface area contributed by atoms with Gasteiger partial charge in [0.25, 0.3) is 0 Å². The van der Waals surface area contributed by atoms with E-state index in [0.717, 1.165) is 19.4 Å². The first-order valence-electron chi connectivity index (χ1n) is 7.59. The molecule has 1 saturated carbocycles. The summed E-state index contributed by atoms with van der Waals surface area (Å²) in [7, 11) is 0. The van der Waals surface area contributed by atoms with E-state index in [2.05, 4.69) is 12.2 Å². The van der Waals surface area contributed by atoms with Crippen molar-refractivity contribution < 1.29 is 9.59 Å². The summed E-state index contributed by atoms with van der Waals surface area (Å²) in [6, 6.07) is -0.258. The molecule has 4 nitrogen and oxygen atoms in total. The van der Waals surface area contributed by atoms with Gasteiger partial charge in [-0.05, 0) is 39.0 Å². The van der Waals surface area contributed by atoms with Crippen LogP contribution in [0.3, 0.4) is 0 Å².